The Morgan fingerprint density at radius 2 is 1.74 bits per heavy atom. The number of halogens is 7. The first-order chi connectivity index (χ1) is 18.1. The number of benzene rings is 1. The van der Waals surface area contributed by atoms with Crippen molar-refractivity contribution in [3.63, 3.8) is 0 Å². The van der Waals surface area contributed by atoms with E-state index >= 15 is 0 Å². The van der Waals surface area contributed by atoms with Gasteiger partial charge in [0.1, 0.15) is 24.1 Å². The quantitative estimate of drug-likeness (QED) is 0.501. The fourth-order valence-corrected chi connectivity index (χ4v) is 4.84. The molecule has 0 spiro atoms. The van der Waals surface area contributed by atoms with Crippen LogP contribution in [0.25, 0.3) is 0 Å². The number of rotatable bonds is 7. The van der Waals surface area contributed by atoms with Gasteiger partial charge in [-0.3, -0.25) is 4.79 Å². The molecule has 0 radical (unpaired) electrons. The van der Waals surface area contributed by atoms with Crippen molar-refractivity contribution in [2.45, 2.75) is 25.9 Å². The molecule has 1 aromatic carbocycles. The van der Waals surface area contributed by atoms with Gasteiger partial charge in [-0.1, -0.05) is 6.92 Å². The highest BCUT2D eigenvalue weighted by atomic mass is 32.2. The minimum Gasteiger partial charge on any atom is -0.472 e. The Morgan fingerprint density at radius 3 is 2.28 bits per heavy atom. The van der Waals surface area contributed by atoms with Crippen LogP contribution in [0, 0.1) is 17.1 Å². The van der Waals surface area contributed by atoms with Gasteiger partial charge in [-0.25, -0.2) is 14.1 Å². The van der Waals surface area contributed by atoms with Crippen LogP contribution in [0.3, 0.4) is 0 Å². The van der Waals surface area contributed by atoms with Crippen LogP contribution in [-0.2, 0) is 29.2 Å². The smallest absolute Gasteiger partial charge is 0.434 e. The number of carbonyl (C=O) groups is 1. The van der Waals surface area contributed by atoms with Gasteiger partial charge in [-0.2, -0.15) is 44.3 Å². The second-order valence-corrected chi connectivity index (χ2v) is 9.89. The van der Waals surface area contributed by atoms with E-state index in [9.17, 15) is 49.2 Å². The van der Waals surface area contributed by atoms with Gasteiger partial charge in [0.25, 0.3) is 16.1 Å². The highest BCUT2D eigenvalue weighted by Gasteiger charge is 2.40. The van der Waals surface area contributed by atoms with E-state index in [-0.39, 0.29) is 32.7 Å². The molecule has 0 aliphatic carbocycles. The average Bonchev–Trinajstić information content (AvgIpc) is 2.86. The van der Waals surface area contributed by atoms with Crippen molar-refractivity contribution in [3.8, 4) is 11.9 Å². The minimum absolute atomic E-state index is 0.105. The predicted octanol–water partition coefficient (Wildman–Crippen LogP) is 3.32. The molecule has 17 heteroatoms. The normalized spacial score (nSPS) is 15.2. The fraction of sp³-hybridized carbons (Fsp3) is 0.409. The molecule has 1 N–H and O–H groups in total. The van der Waals surface area contributed by atoms with E-state index in [1.54, 1.807) is 6.92 Å². The molecule has 39 heavy (non-hydrogen) atoms. The lowest BCUT2D eigenvalue weighted by Crippen LogP contribution is -2.53. The van der Waals surface area contributed by atoms with Crippen molar-refractivity contribution in [3.05, 3.63) is 58.0 Å². The number of aromatic nitrogens is 1. The standard InChI is InChI=1S/C22H20F7N5O4S/c1-2-31-39(36,37)34-7-5-33(6-8-34)20(35)16-10-13(11-30)19(32-18(16)22(27,28)29)38-12-14-9-15(21(24,25)26)3-4-17(14)23/h3-4,9-10,31H,2,5-8,12H2,1H3. The molecule has 1 saturated heterocycles. The van der Waals surface area contributed by atoms with E-state index in [0.29, 0.717) is 24.3 Å². The first-order valence-electron chi connectivity index (χ1n) is 11.1. The van der Waals surface area contributed by atoms with Crippen LogP contribution in [0.4, 0.5) is 30.7 Å². The zero-order valence-corrected chi connectivity index (χ0v) is 20.8. The molecule has 1 aromatic heterocycles. The summed E-state index contributed by atoms with van der Waals surface area (Å²) in [7, 11) is -3.83. The second kappa shape index (κ2) is 11.3. The highest BCUT2D eigenvalue weighted by Crippen LogP contribution is 2.35. The van der Waals surface area contributed by atoms with Gasteiger partial charge >= 0.3 is 12.4 Å². The van der Waals surface area contributed by atoms with Gasteiger partial charge in [-0.05, 0) is 24.3 Å². The predicted molar refractivity (Wildman–Crippen MR) is 120 cm³/mol. The minimum atomic E-state index is -5.23. The lowest BCUT2D eigenvalue weighted by molar-refractivity contribution is -0.142. The van der Waals surface area contributed by atoms with Crippen LogP contribution in [-0.4, -0.2) is 61.2 Å². The van der Waals surface area contributed by atoms with Crippen LogP contribution in [0.5, 0.6) is 5.88 Å². The van der Waals surface area contributed by atoms with Gasteiger partial charge in [0.05, 0.1) is 11.1 Å². The molecule has 1 amide bonds. The molecule has 2 heterocycles. The van der Waals surface area contributed by atoms with Crippen molar-refractivity contribution >= 4 is 16.1 Å². The summed E-state index contributed by atoms with van der Waals surface area (Å²) >= 11 is 0. The third kappa shape index (κ3) is 6.94. The van der Waals surface area contributed by atoms with Crippen LogP contribution in [0.2, 0.25) is 0 Å². The molecule has 1 aliphatic rings. The van der Waals surface area contributed by atoms with Gasteiger partial charge in [0.2, 0.25) is 5.88 Å². The highest BCUT2D eigenvalue weighted by molar-refractivity contribution is 7.87. The Hall–Kier alpha value is -3.49. The topological polar surface area (TPSA) is 116 Å². The maximum Gasteiger partial charge on any atom is 0.434 e. The maximum atomic E-state index is 14.0. The molecular weight excluding hydrogens is 563 g/mol. The molecule has 0 saturated carbocycles. The number of pyridine rings is 1. The van der Waals surface area contributed by atoms with Gasteiger partial charge in [0.15, 0.2) is 5.69 Å². The summed E-state index contributed by atoms with van der Waals surface area (Å²) < 4.78 is 127. The largest absolute Gasteiger partial charge is 0.472 e. The van der Waals surface area contributed by atoms with Crippen LogP contribution < -0.4 is 9.46 Å². The zero-order chi connectivity index (χ0) is 29.2. The Bertz CT molecular complexity index is 1380. The number of hydrogen-bond donors (Lipinski definition) is 1. The summed E-state index contributed by atoms with van der Waals surface area (Å²) in [5, 5.41) is 9.43. The number of piperazine rings is 1. The van der Waals surface area contributed by atoms with Crippen LogP contribution >= 0.6 is 0 Å². The number of hydrogen-bond acceptors (Lipinski definition) is 6. The van der Waals surface area contributed by atoms with Crippen molar-refractivity contribution < 1.29 is 48.7 Å². The summed E-state index contributed by atoms with van der Waals surface area (Å²) in [5.74, 6) is -3.29. The molecule has 0 atom stereocenters. The molecule has 1 aliphatic heterocycles. The Balaban J connectivity index is 1.89. The van der Waals surface area contributed by atoms with Crippen molar-refractivity contribution in [2.24, 2.45) is 0 Å². The number of carbonyl (C=O) groups excluding carboxylic acids is 1. The van der Waals surface area contributed by atoms with E-state index in [0.717, 1.165) is 9.21 Å². The van der Waals surface area contributed by atoms with Crippen molar-refractivity contribution in [2.75, 3.05) is 32.7 Å². The van der Waals surface area contributed by atoms with E-state index in [1.165, 1.54) is 6.07 Å². The molecular formula is C22H20F7N5O4S. The summed E-state index contributed by atoms with van der Waals surface area (Å²) in [6.07, 6.45) is -10.1. The fourth-order valence-electron chi connectivity index (χ4n) is 3.65. The van der Waals surface area contributed by atoms with Gasteiger partial charge in [0, 0.05) is 38.3 Å². The molecule has 1 fully saturated rings. The van der Waals surface area contributed by atoms with Crippen molar-refractivity contribution in [1.82, 2.24) is 18.9 Å². The summed E-state index contributed by atoms with van der Waals surface area (Å²) in [6, 6.07) is 3.45. The maximum absolute atomic E-state index is 14.0. The van der Waals surface area contributed by atoms with E-state index in [1.807, 2.05) is 0 Å². The second-order valence-electron chi connectivity index (χ2n) is 8.13. The van der Waals surface area contributed by atoms with E-state index in [2.05, 4.69) is 9.71 Å². The Morgan fingerprint density at radius 1 is 1.10 bits per heavy atom. The molecule has 9 nitrogen and oxygen atoms in total. The monoisotopic (exact) mass is 583 g/mol. The molecule has 0 bridgehead atoms. The third-order valence-corrected chi connectivity index (χ3v) is 7.24. The van der Waals surface area contributed by atoms with E-state index < -0.39 is 74.7 Å². The summed E-state index contributed by atoms with van der Waals surface area (Å²) in [5.41, 5.74) is -5.30. The average molecular weight is 583 g/mol. The number of nitrogens with zero attached hydrogens (tertiary/aromatic N) is 4. The summed E-state index contributed by atoms with van der Waals surface area (Å²) in [4.78, 5) is 17.2. The molecule has 212 valence electrons. The molecule has 3 rings (SSSR count). The lowest BCUT2D eigenvalue weighted by atomic mass is 10.1. The van der Waals surface area contributed by atoms with Crippen LogP contribution in [0.1, 0.15) is 39.7 Å². The zero-order valence-electron chi connectivity index (χ0n) is 20.0. The number of nitrogens with one attached hydrogen (secondary N) is 1. The lowest BCUT2D eigenvalue weighted by Gasteiger charge is -2.34. The van der Waals surface area contributed by atoms with Crippen LogP contribution in [0.15, 0.2) is 24.3 Å². The van der Waals surface area contributed by atoms with Crippen molar-refractivity contribution in [1.29, 1.82) is 5.26 Å². The van der Waals surface area contributed by atoms with Gasteiger partial charge in [-0.15, -0.1) is 0 Å². The number of ether oxygens (including phenoxy) is 1. The van der Waals surface area contributed by atoms with E-state index in [4.69, 9.17) is 4.74 Å². The van der Waals surface area contributed by atoms with Gasteiger partial charge < -0.3 is 9.64 Å². The Labute approximate surface area is 218 Å². The Kier molecular flexibility index (Phi) is 8.72. The summed E-state index contributed by atoms with van der Waals surface area (Å²) in [6.45, 7) is -0.252. The first-order valence-corrected chi connectivity index (χ1v) is 12.6. The SMILES string of the molecule is CCNS(=O)(=O)N1CCN(C(=O)c2cc(C#N)c(OCc3cc(C(F)(F)F)ccc3F)nc2C(F)(F)F)CC1. The third-order valence-electron chi connectivity index (χ3n) is 5.54. The number of nitriles is 1. The first kappa shape index (κ1) is 30.1. The number of amides is 1. The number of alkyl halides is 6. The molecule has 0 unspecified atom stereocenters. The molecule has 2 aromatic rings.